The SMILES string of the molecule is C.FC(F)F.FC(F)F.O=P(O)(O)O.O=P(O)(O)O. The van der Waals surface area contributed by atoms with Crippen LogP contribution in [0.4, 0.5) is 26.3 Å². The molecule has 0 bridgehead atoms. The second-order valence-electron chi connectivity index (χ2n) is 1.52. The molecule has 0 radical (unpaired) electrons. The Morgan fingerprint density at radius 3 is 0.579 bits per heavy atom. The molecular weight excluding hydrogens is 340 g/mol. The molecule has 0 amide bonds. The van der Waals surface area contributed by atoms with Crippen molar-refractivity contribution in [3.8, 4) is 0 Å². The zero-order valence-corrected chi connectivity index (χ0v) is 9.61. The quantitative estimate of drug-likeness (QED) is 0.280. The number of hydrogen-bond acceptors (Lipinski definition) is 2. The van der Waals surface area contributed by atoms with Gasteiger partial charge in [0.05, 0.1) is 0 Å². The van der Waals surface area contributed by atoms with Crippen molar-refractivity contribution in [2.24, 2.45) is 0 Å². The summed E-state index contributed by atoms with van der Waals surface area (Å²) in [6.45, 7) is -7.33. The van der Waals surface area contributed by atoms with Crippen LogP contribution >= 0.6 is 15.6 Å². The molecule has 0 saturated carbocycles. The van der Waals surface area contributed by atoms with Crippen LogP contribution in [0.5, 0.6) is 0 Å². The summed E-state index contributed by atoms with van der Waals surface area (Å²) in [7, 11) is -9.28. The summed E-state index contributed by atoms with van der Waals surface area (Å²) in [6, 6.07) is 0. The van der Waals surface area contributed by atoms with E-state index in [1.165, 1.54) is 0 Å². The Labute approximate surface area is 102 Å². The monoisotopic (exact) mass is 352 g/mol. The molecular formula is C3H12F6O8P2. The van der Waals surface area contributed by atoms with Crippen molar-refractivity contribution in [2.45, 2.75) is 20.8 Å². The van der Waals surface area contributed by atoms with E-state index in [1.54, 1.807) is 0 Å². The maximum absolute atomic E-state index is 9.67. The van der Waals surface area contributed by atoms with Gasteiger partial charge in [-0.2, -0.15) is 26.3 Å². The second-order valence-corrected chi connectivity index (χ2v) is 3.57. The molecule has 0 atom stereocenters. The van der Waals surface area contributed by atoms with E-state index in [2.05, 4.69) is 0 Å². The first-order valence-electron chi connectivity index (χ1n) is 2.87. The highest BCUT2D eigenvalue weighted by molar-refractivity contribution is 7.45. The number of rotatable bonds is 0. The average Bonchev–Trinajstić information content (AvgIpc) is 1.70. The number of halogens is 6. The lowest BCUT2D eigenvalue weighted by Gasteiger charge is -1.82. The fourth-order valence-electron chi connectivity index (χ4n) is 0. The first-order chi connectivity index (χ1) is 7.46. The summed E-state index contributed by atoms with van der Waals surface area (Å²) in [4.78, 5) is 43.1. The lowest BCUT2D eigenvalue weighted by atomic mass is 11.6. The Kier molecular flexibility index (Phi) is 26.1. The van der Waals surface area contributed by atoms with Gasteiger partial charge in [-0.3, -0.25) is 0 Å². The van der Waals surface area contributed by atoms with E-state index >= 15 is 0 Å². The molecule has 0 aliphatic rings. The number of hydrogen-bond donors (Lipinski definition) is 6. The molecule has 6 N–H and O–H groups in total. The smallest absolute Gasteiger partial charge is 0.303 e. The van der Waals surface area contributed by atoms with Gasteiger partial charge < -0.3 is 29.4 Å². The normalized spacial score (nSPS) is 10.0. The average molecular weight is 352 g/mol. The van der Waals surface area contributed by atoms with Gasteiger partial charge in [-0.25, -0.2) is 9.13 Å². The van der Waals surface area contributed by atoms with Crippen LogP contribution in [0.25, 0.3) is 0 Å². The van der Waals surface area contributed by atoms with Crippen molar-refractivity contribution < 1.29 is 64.8 Å². The van der Waals surface area contributed by atoms with Crippen LogP contribution in [0.3, 0.4) is 0 Å². The van der Waals surface area contributed by atoms with Crippen LogP contribution in [-0.2, 0) is 9.13 Å². The van der Waals surface area contributed by atoms with Crippen LogP contribution < -0.4 is 0 Å². The molecule has 0 unspecified atom stereocenters. The third-order valence-corrected chi connectivity index (χ3v) is 0. The van der Waals surface area contributed by atoms with Crippen molar-refractivity contribution in [2.75, 3.05) is 0 Å². The van der Waals surface area contributed by atoms with Crippen LogP contribution in [0.1, 0.15) is 7.43 Å². The number of phosphoric acid groups is 2. The highest BCUT2D eigenvalue weighted by atomic mass is 31.2. The van der Waals surface area contributed by atoms with E-state index in [0.29, 0.717) is 0 Å². The maximum atomic E-state index is 9.67. The molecule has 0 spiro atoms. The van der Waals surface area contributed by atoms with Gasteiger partial charge in [-0.05, 0) is 0 Å². The minimum Gasteiger partial charge on any atom is -0.303 e. The van der Waals surface area contributed by atoms with Crippen LogP contribution in [0.15, 0.2) is 0 Å². The Morgan fingerprint density at radius 2 is 0.579 bits per heavy atom. The van der Waals surface area contributed by atoms with Crippen molar-refractivity contribution in [1.82, 2.24) is 0 Å². The van der Waals surface area contributed by atoms with Gasteiger partial charge in [-0.15, -0.1) is 0 Å². The van der Waals surface area contributed by atoms with Gasteiger partial charge >= 0.3 is 29.0 Å². The van der Waals surface area contributed by atoms with Crippen molar-refractivity contribution in [3.05, 3.63) is 0 Å². The van der Waals surface area contributed by atoms with Gasteiger partial charge in [0.1, 0.15) is 0 Å². The molecule has 19 heavy (non-hydrogen) atoms. The lowest BCUT2D eigenvalue weighted by molar-refractivity contribution is 0.00734. The van der Waals surface area contributed by atoms with E-state index in [9.17, 15) is 26.3 Å². The summed E-state index contributed by atoms with van der Waals surface area (Å²) in [5.41, 5.74) is 0. The fraction of sp³-hybridized carbons (Fsp3) is 1.00. The van der Waals surface area contributed by atoms with E-state index in [4.69, 9.17) is 38.5 Å². The Balaban J connectivity index is -0.0000000453. The summed E-state index contributed by atoms with van der Waals surface area (Å²) < 4.78 is 75.8. The minimum absolute atomic E-state index is 0. The van der Waals surface area contributed by atoms with Crippen molar-refractivity contribution in [3.63, 3.8) is 0 Å². The predicted molar refractivity (Wildman–Crippen MR) is 49.5 cm³/mol. The molecule has 0 aromatic heterocycles. The molecule has 0 aromatic carbocycles. The first kappa shape index (κ1) is 31.3. The Hall–Kier alpha value is -0.200. The van der Waals surface area contributed by atoms with Crippen LogP contribution in [0.2, 0.25) is 0 Å². The van der Waals surface area contributed by atoms with Gasteiger partial charge in [0.25, 0.3) is 0 Å². The number of alkyl halides is 6. The third kappa shape index (κ3) is 111000. The highest BCUT2D eigenvalue weighted by Gasteiger charge is 2.00. The summed E-state index contributed by atoms with van der Waals surface area (Å²) in [5, 5.41) is 0. The highest BCUT2D eigenvalue weighted by Crippen LogP contribution is 2.26. The van der Waals surface area contributed by atoms with Gasteiger partial charge in [0.2, 0.25) is 0 Å². The summed E-state index contributed by atoms with van der Waals surface area (Å²) in [5.74, 6) is 0. The Morgan fingerprint density at radius 1 is 0.579 bits per heavy atom. The van der Waals surface area contributed by atoms with Gasteiger partial charge in [0, 0.05) is 0 Å². The van der Waals surface area contributed by atoms with Crippen LogP contribution in [-0.4, -0.2) is 42.7 Å². The lowest BCUT2D eigenvalue weighted by Crippen LogP contribution is -1.66. The first-order valence-corrected chi connectivity index (χ1v) is 6.00. The molecule has 124 valence electrons. The van der Waals surface area contributed by atoms with E-state index in [-0.39, 0.29) is 7.43 Å². The van der Waals surface area contributed by atoms with E-state index in [0.717, 1.165) is 0 Å². The fourth-order valence-corrected chi connectivity index (χ4v) is 0. The minimum atomic E-state index is -4.64. The summed E-state index contributed by atoms with van der Waals surface area (Å²) in [6.07, 6.45) is 0. The largest absolute Gasteiger partial charge is 0.466 e. The van der Waals surface area contributed by atoms with Crippen LogP contribution in [0, 0.1) is 0 Å². The molecule has 0 aromatic rings. The molecule has 0 saturated heterocycles. The molecule has 0 aliphatic carbocycles. The van der Waals surface area contributed by atoms with Gasteiger partial charge in [0.15, 0.2) is 0 Å². The molecule has 0 fully saturated rings. The van der Waals surface area contributed by atoms with E-state index in [1.807, 2.05) is 0 Å². The van der Waals surface area contributed by atoms with Crippen molar-refractivity contribution in [1.29, 1.82) is 0 Å². The molecule has 16 heteroatoms. The molecule has 0 aliphatic heterocycles. The molecule has 0 rings (SSSR count). The predicted octanol–water partition coefficient (Wildman–Crippen LogP) is 1.14. The van der Waals surface area contributed by atoms with E-state index < -0.39 is 29.0 Å². The third-order valence-electron chi connectivity index (χ3n) is 0. The second kappa shape index (κ2) is 15.9. The molecule has 0 heterocycles. The van der Waals surface area contributed by atoms with Crippen molar-refractivity contribution >= 4 is 15.6 Å². The maximum Gasteiger partial charge on any atom is 0.466 e. The Bertz CT molecular complexity index is 203. The standard InChI is InChI=1S/2CHF3.CH4.2H3O4P/c2*2-1(3)4;;2*1-5(2,3)4/h2*1H;1H4;2*(H3,1,2,3,4). The zero-order valence-electron chi connectivity index (χ0n) is 7.82. The van der Waals surface area contributed by atoms with Gasteiger partial charge in [-0.1, -0.05) is 7.43 Å². The topological polar surface area (TPSA) is 156 Å². The summed E-state index contributed by atoms with van der Waals surface area (Å²) >= 11 is 0. The zero-order chi connectivity index (χ0) is 16.2. The molecule has 8 nitrogen and oxygen atoms in total.